The van der Waals surface area contributed by atoms with E-state index in [1.54, 1.807) is 4.90 Å². The Kier molecular flexibility index (Phi) is 6.12. The molecule has 3 aromatic carbocycles. The van der Waals surface area contributed by atoms with Gasteiger partial charge in [-0.2, -0.15) is 4.98 Å². The van der Waals surface area contributed by atoms with Gasteiger partial charge in [0.25, 0.3) is 0 Å². The van der Waals surface area contributed by atoms with Gasteiger partial charge in [-0.1, -0.05) is 36.4 Å². The topological polar surface area (TPSA) is 108 Å². The van der Waals surface area contributed by atoms with E-state index in [-0.39, 0.29) is 23.1 Å². The van der Waals surface area contributed by atoms with Gasteiger partial charge >= 0.3 is 17.5 Å². The minimum Gasteiger partial charge on any atom is -0.465 e. The lowest BCUT2D eigenvalue weighted by atomic mass is 10.1. The summed E-state index contributed by atoms with van der Waals surface area (Å²) in [5, 5.41) is 14.0. The van der Waals surface area contributed by atoms with Crippen LogP contribution in [0.3, 0.4) is 0 Å². The lowest BCUT2D eigenvalue weighted by molar-refractivity contribution is -0.385. The van der Waals surface area contributed by atoms with Crippen molar-refractivity contribution in [2.75, 3.05) is 18.6 Å². The average molecular weight is 444 g/mol. The lowest BCUT2D eigenvalue weighted by Crippen LogP contribution is -2.19. The van der Waals surface area contributed by atoms with Crippen molar-refractivity contribution in [3.8, 4) is 11.6 Å². The maximum atomic E-state index is 12.1. The Morgan fingerprint density at radius 2 is 1.76 bits per heavy atom. The zero-order valence-electron chi connectivity index (χ0n) is 18.0. The minimum absolute atomic E-state index is 0.120. The number of anilines is 2. The molecular formula is C24H20N4O5. The predicted molar refractivity (Wildman–Crippen MR) is 123 cm³/mol. The minimum atomic E-state index is -0.554. The summed E-state index contributed by atoms with van der Waals surface area (Å²) in [5.41, 5.74) is 0.756. The van der Waals surface area contributed by atoms with Crippen LogP contribution >= 0.6 is 0 Å². The SMILES string of the molecule is CCN(c1ncnc(Oc2ccc(C(=O)OC)cc2)c1[N+](=O)[O-])c1cccc2ccccc12. The quantitative estimate of drug-likeness (QED) is 0.215. The number of nitro groups is 1. The fraction of sp³-hybridized carbons (Fsp3) is 0.125. The van der Waals surface area contributed by atoms with Gasteiger partial charge in [-0.3, -0.25) is 10.1 Å². The first kappa shape index (κ1) is 21.7. The van der Waals surface area contributed by atoms with Crippen molar-refractivity contribution in [1.82, 2.24) is 9.97 Å². The van der Waals surface area contributed by atoms with Crippen molar-refractivity contribution in [2.45, 2.75) is 6.92 Å². The monoisotopic (exact) mass is 444 g/mol. The highest BCUT2D eigenvalue weighted by molar-refractivity contribution is 5.96. The highest BCUT2D eigenvalue weighted by Crippen LogP contribution is 2.40. The predicted octanol–water partition coefficient (Wildman–Crippen LogP) is 5.27. The van der Waals surface area contributed by atoms with Gasteiger partial charge in [0, 0.05) is 11.9 Å². The fourth-order valence-electron chi connectivity index (χ4n) is 3.55. The van der Waals surface area contributed by atoms with Gasteiger partial charge in [0.05, 0.1) is 23.3 Å². The molecule has 0 fully saturated rings. The molecular weight excluding hydrogens is 424 g/mol. The smallest absolute Gasteiger partial charge is 0.373 e. The molecule has 0 radical (unpaired) electrons. The molecule has 9 heteroatoms. The zero-order valence-corrected chi connectivity index (χ0v) is 18.0. The summed E-state index contributed by atoms with van der Waals surface area (Å²) in [4.78, 5) is 33.2. The number of esters is 1. The number of methoxy groups -OCH3 is 1. The average Bonchev–Trinajstić information content (AvgIpc) is 2.84. The third kappa shape index (κ3) is 4.29. The van der Waals surface area contributed by atoms with E-state index in [0.29, 0.717) is 12.1 Å². The number of ether oxygens (including phenoxy) is 2. The van der Waals surface area contributed by atoms with Gasteiger partial charge in [-0.25, -0.2) is 9.78 Å². The highest BCUT2D eigenvalue weighted by atomic mass is 16.6. The Morgan fingerprint density at radius 3 is 2.45 bits per heavy atom. The number of rotatable bonds is 7. The maximum Gasteiger partial charge on any atom is 0.373 e. The largest absolute Gasteiger partial charge is 0.465 e. The van der Waals surface area contributed by atoms with Crippen LogP contribution in [0.15, 0.2) is 73.1 Å². The van der Waals surface area contributed by atoms with E-state index in [9.17, 15) is 14.9 Å². The Hall–Kier alpha value is -4.53. The molecule has 0 bridgehead atoms. The van der Waals surface area contributed by atoms with E-state index < -0.39 is 10.9 Å². The van der Waals surface area contributed by atoms with Crippen molar-refractivity contribution in [2.24, 2.45) is 0 Å². The molecule has 1 aromatic heterocycles. The van der Waals surface area contributed by atoms with Crippen molar-refractivity contribution < 1.29 is 19.2 Å². The summed E-state index contributed by atoms with van der Waals surface area (Å²) >= 11 is 0. The number of hydrogen-bond acceptors (Lipinski definition) is 8. The number of aromatic nitrogens is 2. The molecule has 4 aromatic rings. The molecule has 0 saturated heterocycles. The lowest BCUT2D eigenvalue weighted by Gasteiger charge is -2.23. The summed E-state index contributed by atoms with van der Waals surface area (Å²) in [7, 11) is 1.29. The van der Waals surface area contributed by atoms with Gasteiger partial charge in [0.1, 0.15) is 12.1 Å². The van der Waals surface area contributed by atoms with Crippen LogP contribution in [0.25, 0.3) is 10.8 Å². The maximum absolute atomic E-state index is 12.1. The van der Waals surface area contributed by atoms with Crippen molar-refractivity contribution >= 4 is 33.9 Å². The van der Waals surface area contributed by atoms with E-state index in [1.165, 1.54) is 37.7 Å². The van der Waals surface area contributed by atoms with E-state index in [1.807, 2.05) is 49.4 Å². The molecule has 0 unspecified atom stereocenters. The number of carbonyl (C=O) groups is 1. The van der Waals surface area contributed by atoms with E-state index in [2.05, 4.69) is 14.7 Å². The van der Waals surface area contributed by atoms with Crippen LogP contribution in [0.4, 0.5) is 17.2 Å². The molecule has 4 rings (SSSR count). The standard InChI is InChI=1S/C24H20N4O5/c1-3-27(20-10-6-8-16-7-4-5-9-19(16)20)22-21(28(30)31)23(26-15-25-22)33-18-13-11-17(12-14-18)24(29)32-2/h4-15H,3H2,1-2H3. The van der Waals surface area contributed by atoms with Gasteiger partial charge in [-0.05, 0) is 42.6 Å². The fourth-order valence-corrected chi connectivity index (χ4v) is 3.55. The number of benzene rings is 3. The molecule has 33 heavy (non-hydrogen) atoms. The van der Waals surface area contributed by atoms with E-state index in [4.69, 9.17) is 4.74 Å². The second-order valence-electron chi connectivity index (χ2n) is 6.97. The normalized spacial score (nSPS) is 10.6. The zero-order chi connectivity index (χ0) is 23.4. The van der Waals surface area contributed by atoms with Crippen LogP contribution in [0.1, 0.15) is 17.3 Å². The third-order valence-electron chi connectivity index (χ3n) is 5.07. The van der Waals surface area contributed by atoms with Crippen molar-refractivity contribution in [3.63, 3.8) is 0 Å². The molecule has 0 spiro atoms. The number of fused-ring (bicyclic) bond motifs is 1. The first-order valence-electron chi connectivity index (χ1n) is 10.1. The van der Waals surface area contributed by atoms with E-state index in [0.717, 1.165) is 16.5 Å². The van der Waals surface area contributed by atoms with Crippen LogP contribution in [0.2, 0.25) is 0 Å². The Morgan fingerprint density at radius 1 is 1.03 bits per heavy atom. The van der Waals surface area contributed by atoms with Gasteiger partial charge in [0.15, 0.2) is 0 Å². The summed E-state index contributed by atoms with van der Waals surface area (Å²) in [5.74, 6) is -0.293. The Bertz CT molecular complexity index is 1320. The van der Waals surface area contributed by atoms with Gasteiger partial charge in [-0.15, -0.1) is 0 Å². The first-order chi connectivity index (χ1) is 16.0. The summed E-state index contributed by atoms with van der Waals surface area (Å²) in [6.45, 7) is 2.32. The highest BCUT2D eigenvalue weighted by Gasteiger charge is 2.29. The first-order valence-corrected chi connectivity index (χ1v) is 10.1. The molecule has 0 atom stereocenters. The van der Waals surface area contributed by atoms with Gasteiger partial charge in [0.2, 0.25) is 5.82 Å². The molecule has 0 aliphatic carbocycles. The molecule has 0 aliphatic rings. The summed E-state index contributed by atoms with van der Waals surface area (Å²) in [6, 6.07) is 19.6. The molecule has 0 N–H and O–H groups in total. The van der Waals surface area contributed by atoms with Crippen LogP contribution in [-0.4, -0.2) is 34.5 Å². The van der Waals surface area contributed by atoms with Crippen molar-refractivity contribution in [3.05, 3.63) is 88.7 Å². The van der Waals surface area contributed by atoms with E-state index >= 15 is 0 Å². The Balaban J connectivity index is 1.77. The number of nitrogens with zero attached hydrogens (tertiary/aromatic N) is 4. The molecule has 166 valence electrons. The van der Waals surface area contributed by atoms with Crippen LogP contribution in [0.5, 0.6) is 11.6 Å². The number of carbonyl (C=O) groups excluding carboxylic acids is 1. The summed E-state index contributed by atoms with van der Waals surface area (Å²) in [6.07, 6.45) is 1.23. The molecule has 1 heterocycles. The van der Waals surface area contributed by atoms with Crippen LogP contribution in [0, 0.1) is 10.1 Å². The molecule has 0 aliphatic heterocycles. The molecule has 9 nitrogen and oxygen atoms in total. The second kappa shape index (κ2) is 9.31. The second-order valence-corrected chi connectivity index (χ2v) is 6.97. The van der Waals surface area contributed by atoms with Crippen LogP contribution in [-0.2, 0) is 4.74 Å². The number of hydrogen-bond donors (Lipinski definition) is 0. The molecule has 0 saturated carbocycles. The van der Waals surface area contributed by atoms with Gasteiger partial charge < -0.3 is 14.4 Å². The Labute approximate surface area is 189 Å². The third-order valence-corrected chi connectivity index (χ3v) is 5.07. The van der Waals surface area contributed by atoms with Crippen molar-refractivity contribution in [1.29, 1.82) is 0 Å². The van der Waals surface area contributed by atoms with Crippen LogP contribution < -0.4 is 9.64 Å². The molecule has 0 amide bonds. The summed E-state index contributed by atoms with van der Waals surface area (Å²) < 4.78 is 10.4.